The number of nitrogens with two attached hydrogens (primary N) is 1. The first-order valence-corrected chi connectivity index (χ1v) is 7.09. The van der Waals surface area contributed by atoms with Crippen molar-refractivity contribution >= 4 is 22.0 Å². The Labute approximate surface area is 110 Å². The molecule has 2 N–H and O–H groups in total. The average Bonchev–Trinajstić information content (AvgIpc) is 2.22. The van der Waals surface area contributed by atoms with Crippen LogP contribution in [0, 0.1) is 0 Å². The predicted octanol–water partition coefficient (Wildman–Crippen LogP) is 2.78. The molecule has 0 amide bonds. The Balaban J connectivity index is 5.82. The van der Waals surface area contributed by atoms with Gasteiger partial charge in [-0.3, -0.25) is 0 Å². The Bertz CT molecular complexity index is 401. The van der Waals surface area contributed by atoms with Crippen LogP contribution in [0.1, 0.15) is 26.7 Å². The van der Waals surface area contributed by atoms with Crippen LogP contribution in [-0.4, -0.2) is 28.8 Å². The summed E-state index contributed by atoms with van der Waals surface area (Å²) in [6.07, 6.45) is -0.830. The maximum atomic E-state index is 12.4. The second kappa shape index (κ2) is 5.66. The largest absolute Gasteiger partial charge is 0.512 e. The van der Waals surface area contributed by atoms with E-state index in [4.69, 9.17) is 5.73 Å². The van der Waals surface area contributed by atoms with Crippen molar-refractivity contribution in [1.29, 1.82) is 0 Å². The Kier molecular flexibility index (Phi) is 5.60. The van der Waals surface area contributed by atoms with E-state index in [2.05, 4.69) is 0 Å². The van der Waals surface area contributed by atoms with Crippen LogP contribution in [-0.2, 0) is 10.0 Å². The second-order valence-electron chi connectivity index (χ2n) is 3.53. The molecule has 12 heteroatoms. The van der Waals surface area contributed by atoms with E-state index in [0.29, 0.717) is 0 Å². The van der Waals surface area contributed by atoms with Crippen molar-refractivity contribution in [3.05, 3.63) is 0 Å². The second-order valence-corrected chi connectivity index (χ2v) is 6.55. The number of sulfonamides is 1. The molecule has 0 saturated heterocycles. The first-order chi connectivity index (χ1) is 8.21. The van der Waals surface area contributed by atoms with Crippen LogP contribution in [0.2, 0.25) is 0 Å². The van der Waals surface area contributed by atoms with Gasteiger partial charge in [0.1, 0.15) is 0 Å². The quantitative estimate of drug-likeness (QED) is 0.477. The highest BCUT2D eigenvalue weighted by Gasteiger charge is 2.58. The molecule has 0 saturated carbocycles. The molecule has 116 valence electrons. The minimum absolute atomic E-state index is 0.415. The van der Waals surface area contributed by atoms with Gasteiger partial charge < -0.3 is 5.73 Å². The summed E-state index contributed by atoms with van der Waals surface area (Å²) in [6.45, 7) is 2.39. The molecule has 0 bridgehead atoms. The molecule has 4 nitrogen and oxygen atoms in total. The highest BCUT2D eigenvalue weighted by Crippen LogP contribution is 2.44. The van der Waals surface area contributed by atoms with E-state index in [1.807, 2.05) is 0 Å². The summed E-state index contributed by atoms with van der Waals surface area (Å²) in [5, 5.41) is 0. The smallest absolute Gasteiger partial charge is 0.312 e. The van der Waals surface area contributed by atoms with Gasteiger partial charge in [-0.1, -0.05) is 13.8 Å². The van der Waals surface area contributed by atoms with E-state index >= 15 is 0 Å². The number of halogens is 6. The summed E-state index contributed by atoms with van der Waals surface area (Å²) in [7, 11) is -6.20. The Morgan fingerprint density at radius 2 is 1.42 bits per heavy atom. The molecule has 0 aromatic rings. The maximum Gasteiger partial charge on any atom is 0.512 e. The van der Waals surface area contributed by atoms with E-state index in [1.54, 1.807) is 0 Å². The lowest BCUT2D eigenvalue weighted by atomic mass is 10.1. The fourth-order valence-corrected chi connectivity index (χ4v) is 3.53. The van der Waals surface area contributed by atoms with Crippen LogP contribution in [0.15, 0.2) is 0 Å². The standard InChI is InChI=1S/C7H12F6N2O2S2/c1-3-5(14,4-2)15(18-6(8,9)10)19(16,17)7(11,12)13/h3-4,14H2,1-2H3. The molecule has 0 radical (unpaired) electrons. The average molecular weight is 334 g/mol. The zero-order chi connectivity index (χ0) is 15.7. The van der Waals surface area contributed by atoms with E-state index < -0.39 is 55.2 Å². The van der Waals surface area contributed by atoms with E-state index in [0.717, 1.165) is 0 Å². The van der Waals surface area contributed by atoms with Crippen molar-refractivity contribution in [2.24, 2.45) is 5.73 Å². The van der Waals surface area contributed by atoms with Crippen LogP contribution in [0.5, 0.6) is 0 Å². The monoisotopic (exact) mass is 334 g/mol. The third-order valence-electron chi connectivity index (χ3n) is 2.29. The fraction of sp³-hybridized carbons (Fsp3) is 1.00. The highest BCUT2D eigenvalue weighted by molar-refractivity contribution is 8.09. The van der Waals surface area contributed by atoms with Crippen molar-refractivity contribution < 1.29 is 34.8 Å². The lowest BCUT2D eigenvalue weighted by Crippen LogP contribution is -2.57. The van der Waals surface area contributed by atoms with Crippen molar-refractivity contribution in [3.63, 3.8) is 0 Å². The van der Waals surface area contributed by atoms with Crippen molar-refractivity contribution in [2.75, 3.05) is 0 Å². The van der Waals surface area contributed by atoms with Gasteiger partial charge in [-0.25, -0.2) is 8.42 Å². The van der Waals surface area contributed by atoms with E-state index in [9.17, 15) is 34.8 Å². The van der Waals surface area contributed by atoms with Crippen molar-refractivity contribution in [3.8, 4) is 0 Å². The summed E-state index contributed by atoms with van der Waals surface area (Å²) in [5.41, 5.74) is -8.00. The normalized spacial score (nSPS) is 15.1. The van der Waals surface area contributed by atoms with Crippen LogP contribution < -0.4 is 5.73 Å². The van der Waals surface area contributed by atoms with Gasteiger partial charge in [0, 0.05) is 0 Å². The summed E-state index contributed by atoms with van der Waals surface area (Å²) in [4.78, 5) is 0. The topological polar surface area (TPSA) is 63.4 Å². The van der Waals surface area contributed by atoms with Crippen molar-refractivity contribution in [2.45, 2.75) is 43.4 Å². The summed E-state index contributed by atoms with van der Waals surface area (Å²) >= 11 is -1.41. The number of rotatable bonds is 5. The Hall–Kier alpha value is -0.200. The molecule has 0 aliphatic heterocycles. The van der Waals surface area contributed by atoms with Crippen LogP contribution in [0.4, 0.5) is 26.3 Å². The Morgan fingerprint density at radius 3 is 1.63 bits per heavy atom. The summed E-state index contributed by atoms with van der Waals surface area (Å²) in [6, 6.07) is 0. The molecule has 0 heterocycles. The minimum atomic E-state index is -6.20. The van der Waals surface area contributed by atoms with Gasteiger partial charge in [0.2, 0.25) is 0 Å². The number of alkyl halides is 6. The molecule has 0 aromatic heterocycles. The first-order valence-electron chi connectivity index (χ1n) is 4.87. The van der Waals surface area contributed by atoms with Gasteiger partial charge in [0.15, 0.2) is 0 Å². The minimum Gasteiger partial charge on any atom is -0.312 e. The van der Waals surface area contributed by atoms with Gasteiger partial charge >= 0.3 is 21.0 Å². The third-order valence-corrected chi connectivity index (χ3v) is 5.22. The van der Waals surface area contributed by atoms with Gasteiger partial charge in [-0.15, -0.1) is 3.71 Å². The van der Waals surface area contributed by atoms with E-state index in [1.165, 1.54) is 13.8 Å². The first kappa shape index (κ1) is 18.8. The molecule has 19 heavy (non-hydrogen) atoms. The number of hydrogen-bond acceptors (Lipinski definition) is 4. The zero-order valence-corrected chi connectivity index (χ0v) is 11.5. The molecule has 0 spiro atoms. The Morgan fingerprint density at radius 1 is 1.05 bits per heavy atom. The molecule has 0 aliphatic carbocycles. The molecular formula is C7H12F6N2O2S2. The highest BCUT2D eigenvalue weighted by atomic mass is 32.3. The molecule has 0 unspecified atom stereocenters. The van der Waals surface area contributed by atoms with Gasteiger partial charge in [0.05, 0.1) is 17.6 Å². The zero-order valence-electron chi connectivity index (χ0n) is 9.84. The summed E-state index contributed by atoms with van der Waals surface area (Å²) < 4.78 is 95.6. The van der Waals surface area contributed by atoms with Crippen LogP contribution >= 0.6 is 11.9 Å². The predicted molar refractivity (Wildman–Crippen MR) is 58.0 cm³/mol. The van der Waals surface area contributed by atoms with Crippen LogP contribution in [0.25, 0.3) is 0 Å². The van der Waals surface area contributed by atoms with Gasteiger partial charge in [-0.2, -0.15) is 26.3 Å². The molecule has 0 fully saturated rings. The molecule has 0 rings (SSSR count). The lowest BCUT2D eigenvalue weighted by molar-refractivity contribution is -0.0514. The number of nitrogens with zero attached hydrogens (tertiary/aromatic N) is 1. The molecular weight excluding hydrogens is 322 g/mol. The summed E-state index contributed by atoms with van der Waals surface area (Å²) in [5.74, 6) is 0. The SMILES string of the molecule is CCC(N)(CC)N(SC(F)(F)F)S(=O)(=O)C(F)(F)F. The third kappa shape index (κ3) is 4.39. The van der Waals surface area contributed by atoms with Crippen LogP contribution in [0.3, 0.4) is 0 Å². The van der Waals surface area contributed by atoms with E-state index in [-0.39, 0.29) is 0 Å². The molecule has 0 aliphatic rings. The number of hydrogen-bond donors (Lipinski definition) is 1. The molecule has 0 atom stereocenters. The van der Waals surface area contributed by atoms with Gasteiger partial charge in [-0.05, 0) is 12.8 Å². The lowest BCUT2D eigenvalue weighted by Gasteiger charge is -2.37. The molecule has 0 aromatic carbocycles. The van der Waals surface area contributed by atoms with Crippen molar-refractivity contribution in [1.82, 2.24) is 3.71 Å². The van der Waals surface area contributed by atoms with Gasteiger partial charge in [0.25, 0.3) is 0 Å². The fourth-order valence-electron chi connectivity index (χ4n) is 1.08. The maximum absolute atomic E-state index is 12.4.